The Hall–Kier alpha value is 0.360. The summed E-state index contributed by atoms with van der Waals surface area (Å²) >= 11 is 8.53. The molecule has 6 heteroatoms. The van der Waals surface area contributed by atoms with Crippen molar-refractivity contribution in [3.63, 3.8) is 0 Å². The lowest BCUT2D eigenvalue weighted by molar-refractivity contribution is 0.0259. The summed E-state index contributed by atoms with van der Waals surface area (Å²) in [6.07, 6.45) is -8.65. The zero-order chi connectivity index (χ0) is 9.46. The Kier molecular flexibility index (Phi) is 3.15. The number of hydrogen-bond acceptors (Lipinski definition) is 1. The zero-order valence-electron chi connectivity index (χ0n) is 5.80. The fourth-order valence-corrected chi connectivity index (χ4v) is 1.69. The Morgan fingerprint density at radius 1 is 0.833 bits per heavy atom. The second-order valence-corrected chi connectivity index (χ2v) is 3.81. The molecule has 0 N–H and O–H groups in total. The van der Waals surface area contributed by atoms with E-state index in [2.05, 4.69) is 12.6 Å². The van der Waals surface area contributed by atoms with Gasteiger partial charge in [-0.2, -0.15) is 12.6 Å². The maximum atomic E-state index is 12.7. The molecule has 0 aliphatic heterocycles. The molecule has 0 radical (unpaired) electrons. The van der Waals surface area contributed by atoms with Gasteiger partial charge >= 0.3 is 0 Å². The van der Waals surface area contributed by atoms with Gasteiger partial charge < -0.3 is 0 Å². The van der Waals surface area contributed by atoms with E-state index >= 15 is 0 Å². The molecule has 1 aliphatic rings. The van der Waals surface area contributed by atoms with E-state index in [0.717, 1.165) is 0 Å². The Bertz CT molecular complexity index is 111. The largest absolute Gasteiger partial charge is 0.243 e. The van der Waals surface area contributed by atoms with Gasteiger partial charge in [0.2, 0.25) is 0 Å². The zero-order valence-corrected chi connectivity index (χ0v) is 7.45. The topological polar surface area (TPSA) is 0 Å². The van der Waals surface area contributed by atoms with Crippen molar-refractivity contribution in [2.75, 3.05) is 0 Å². The molecule has 0 aromatic rings. The van der Waals surface area contributed by atoms with Gasteiger partial charge in [0.1, 0.15) is 17.7 Å². The smallest absolute Gasteiger partial charge is 0.152 e. The fraction of sp³-hybridized carbons (Fsp3) is 1.00. The molecule has 1 fully saturated rings. The molecule has 1 rings (SSSR count). The van der Waals surface area contributed by atoms with Crippen LogP contribution in [-0.4, -0.2) is 35.3 Å². The first-order valence-corrected chi connectivity index (χ1v) is 4.30. The summed E-state index contributed by atoms with van der Waals surface area (Å²) in [6.45, 7) is 0. The van der Waals surface area contributed by atoms with Crippen molar-refractivity contribution in [2.45, 2.75) is 35.3 Å². The van der Waals surface area contributed by atoms with Gasteiger partial charge in [-0.25, -0.2) is 17.6 Å². The quantitative estimate of drug-likeness (QED) is 0.363. The first kappa shape index (κ1) is 10.4. The Morgan fingerprint density at radius 3 is 1.50 bits per heavy atom. The van der Waals surface area contributed by atoms with Crippen LogP contribution in [0, 0.1) is 0 Å². The highest BCUT2D eigenvalue weighted by atomic mass is 35.5. The normalized spacial score (nSPS) is 55.5. The van der Waals surface area contributed by atoms with Crippen molar-refractivity contribution < 1.29 is 17.6 Å². The third-order valence-corrected chi connectivity index (χ3v) is 2.92. The Balaban J connectivity index is 2.76. The van der Waals surface area contributed by atoms with Gasteiger partial charge in [0.25, 0.3) is 0 Å². The van der Waals surface area contributed by atoms with E-state index in [1.807, 2.05) is 0 Å². The van der Waals surface area contributed by atoms with E-state index in [4.69, 9.17) is 11.6 Å². The number of rotatable bonds is 0. The molecule has 0 aromatic carbocycles. The number of halogens is 5. The second-order valence-electron chi connectivity index (χ2n) is 2.71. The average Bonchev–Trinajstić information content (AvgIpc) is 2.08. The van der Waals surface area contributed by atoms with Gasteiger partial charge in [0.05, 0.1) is 5.25 Å². The highest BCUT2D eigenvalue weighted by Gasteiger charge is 2.50. The summed E-state index contributed by atoms with van der Waals surface area (Å²) in [7, 11) is 0. The maximum Gasteiger partial charge on any atom is 0.152 e. The van der Waals surface area contributed by atoms with Crippen LogP contribution in [0.15, 0.2) is 0 Å². The molecule has 4 atom stereocenters. The fourth-order valence-electron chi connectivity index (χ4n) is 1.08. The summed E-state index contributed by atoms with van der Waals surface area (Å²) in [5.41, 5.74) is 0. The summed E-state index contributed by atoms with van der Waals surface area (Å²) in [6, 6.07) is 0. The summed E-state index contributed by atoms with van der Waals surface area (Å²) in [5.74, 6) is 0. The van der Waals surface area contributed by atoms with Crippen LogP contribution in [-0.2, 0) is 0 Å². The van der Waals surface area contributed by atoms with Crippen LogP contribution in [0.3, 0.4) is 0 Å². The van der Waals surface area contributed by atoms with Gasteiger partial charge in [-0.15, -0.1) is 11.6 Å². The third-order valence-electron chi connectivity index (χ3n) is 1.87. The van der Waals surface area contributed by atoms with Crippen molar-refractivity contribution in [1.82, 2.24) is 0 Å². The molecule has 0 nitrogen and oxygen atoms in total. The van der Waals surface area contributed by atoms with Crippen molar-refractivity contribution in [3.05, 3.63) is 0 Å². The van der Waals surface area contributed by atoms with Crippen LogP contribution in [0.4, 0.5) is 17.6 Å². The summed E-state index contributed by atoms with van der Waals surface area (Å²) < 4.78 is 50.8. The van der Waals surface area contributed by atoms with E-state index in [0.29, 0.717) is 0 Å². The number of alkyl halides is 5. The molecule has 1 aliphatic carbocycles. The lowest BCUT2D eigenvalue weighted by Gasteiger charge is -2.34. The molecule has 0 saturated heterocycles. The van der Waals surface area contributed by atoms with Gasteiger partial charge in [-0.05, 0) is 0 Å². The summed E-state index contributed by atoms with van der Waals surface area (Å²) in [5, 5.41) is -3.32. The van der Waals surface area contributed by atoms with E-state index in [-0.39, 0.29) is 0 Å². The van der Waals surface area contributed by atoms with Crippen LogP contribution in [0.5, 0.6) is 0 Å². The predicted molar refractivity (Wildman–Crippen MR) is 42.0 cm³/mol. The highest BCUT2D eigenvalue weighted by molar-refractivity contribution is 7.81. The van der Waals surface area contributed by atoms with Crippen LogP contribution in [0.25, 0.3) is 0 Å². The SMILES string of the molecule is FC1C(F)C(Cl)C(F)C(F)C1S. The van der Waals surface area contributed by atoms with Crippen LogP contribution in [0.2, 0.25) is 0 Å². The van der Waals surface area contributed by atoms with Crippen molar-refractivity contribution >= 4 is 24.2 Å². The molecule has 4 unspecified atom stereocenters. The minimum Gasteiger partial charge on any atom is -0.243 e. The molecule has 0 heterocycles. The van der Waals surface area contributed by atoms with Crippen molar-refractivity contribution in [2.24, 2.45) is 0 Å². The van der Waals surface area contributed by atoms with Gasteiger partial charge in [-0.3, -0.25) is 0 Å². The third kappa shape index (κ3) is 1.53. The van der Waals surface area contributed by atoms with E-state index in [9.17, 15) is 17.6 Å². The van der Waals surface area contributed by atoms with Crippen molar-refractivity contribution in [1.29, 1.82) is 0 Å². The molecular formula is C6H7ClF4S. The highest BCUT2D eigenvalue weighted by Crippen LogP contribution is 2.35. The molecule has 0 aromatic heterocycles. The number of thiol groups is 1. The van der Waals surface area contributed by atoms with Crippen molar-refractivity contribution in [3.8, 4) is 0 Å². The lowest BCUT2D eigenvalue weighted by atomic mass is 9.92. The van der Waals surface area contributed by atoms with E-state index in [1.54, 1.807) is 0 Å². The minimum absolute atomic E-state index is 1.56. The second kappa shape index (κ2) is 3.62. The molecule has 72 valence electrons. The molecule has 0 bridgehead atoms. The Morgan fingerprint density at radius 2 is 1.17 bits per heavy atom. The standard InChI is InChI=1S/C6H7ClF4S/c7-1-2(8)4(10)6(12)5(11)3(1)9/h1-6,12H. The monoisotopic (exact) mass is 222 g/mol. The first-order valence-electron chi connectivity index (χ1n) is 3.35. The van der Waals surface area contributed by atoms with E-state index in [1.165, 1.54) is 0 Å². The molecule has 0 amide bonds. The van der Waals surface area contributed by atoms with Crippen LogP contribution in [0.1, 0.15) is 0 Å². The predicted octanol–water partition coefficient (Wildman–Crippen LogP) is 2.26. The lowest BCUT2D eigenvalue weighted by Crippen LogP contribution is -2.53. The van der Waals surface area contributed by atoms with Gasteiger partial charge in [0.15, 0.2) is 12.3 Å². The minimum atomic E-state index is -2.18. The molecular weight excluding hydrogens is 216 g/mol. The molecule has 12 heavy (non-hydrogen) atoms. The van der Waals surface area contributed by atoms with Gasteiger partial charge in [-0.1, -0.05) is 0 Å². The molecule has 1 saturated carbocycles. The van der Waals surface area contributed by atoms with Gasteiger partial charge in [0, 0.05) is 0 Å². The maximum absolute atomic E-state index is 12.7. The van der Waals surface area contributed by atoms with E-state index < -0.39 is 35.3 Å². The van der Waals surface area contributed by atoms with Crippen LogP contribution >= 0.6 is 24.2 Å². The summed E-state index contributed by atoms with van der Waals surface area (Å²) in [4.78, 5) is 0. The molecule has 0 spiro atoms. The van der Waals surface area contributed by atoms with Crippen LogP contribution < -0.4 is 0 Å². The first-order chi connectivity index (χ1) is 5.46. The number of hydrogen-bond donors (Lipinski definition) is 1. The Labute approximate surface area is 77.7 Å². The average molecular weight is 223 g/mol.